The van der Waals surface area contributed by atoms with Crippen molar-refractivity contribution in [2.75, 3.05) is 0 Å². The van der Waals surface area contributed by atoms with E-state index in [1.54, 1.807) is 28.0 Å². The molecule has 0 amide bonds. The Hall–Kier alpha value is 0.943. The van der Waals surface area contributed by atoms with Crippen LogP contribution in [0.2, 0.25) is 0 Å². The van der Waals surface area contributed by atoms with Crippen LogP contribution in [0.5, 0.6) is 0 Å². The first-order chi connectivity index (χ1) is 2.89. The summed E-state index contributed by atoms with van der Waals surface area (Å²) >= 11 is 1.56. The zero-order valence-corrected chi connectivity index (χ0v) is 8.16. The van der Waals surface area contributed by atoms with Gasteiger partial charge in [0.25, 0.3) is 0 Å². The Morgan fingerprint density at radius 2 is 2.00 bits per heavy atom. The zero-order valence-electron chi connectivity index (χ0n) is 4.20. The van der Waals surface area contributed by atoms with Gasteiger partial charge in [0.1, 0.15) is 0 Å². The number of rotatable bonds is 0. The maximum absolute atomic E-state index is 2.18. The molecule has 0 atom stereocenters. The normalized spacial score (nSPS) is 14.0. The van der Waals surface area contributed by atoms with Crippen LogP contribution >= 0.6 is 0 Å². The summed E-state index contributed by atoms with van der Waals surface area (Å²) in [6.45, 7) is 0. The summed E-state index contributed by atoms with van der Waals surface area (Å²) in [5, 5.41) is 0. The van der Waals surface area contributed by atoms with Gasteiger partial charge in [-0.25, -0.2) is 0 Å². The van der Waals surface area contributed by atoms with Gasteiger partial charge in [-0.05, 0) is 0 Å². The standard InChI is InChI=1S/C5H5.2ClH.Zr/c1-2-4-5-3-1;;;/h1-3H,4H2;2*1H;/q;;;+2/p-2. The quantitative estimate of drug-likeness (QED) is 0.391. The van der Waals surface area contributed by atoms with Crippen molar-refractivity contribution in [2.24, 2.45) is 0 Å². The fourth-order valence-corrected chi connectivity index (χ4v) is 0.973. The van der Waals surface area contributed by atoms with E-state index < -0.39 is 0 Å². The van der Waals surface area contributed by atoms with Crippen molar-refractivity contribution in [3.8, 4) is 0 Å². The predicted octanol–water partition coefficient (Wildman–Crippen LogP) is -4.61. The van der Waals surface area contributed by atoms with E-state index in [1.807, 2.05) is 0 Å². The average Bonchev–Trinajstić information content (AvgIpc) is 1.86. The predicted molar refractivity (Wildman–Crippen MR) is 21.8 cm³/mol. The summed E-state index contributed by atoms with van der Waals surface area (Å²) in [4.78, 5) is 0. The summed E-state index contributed by atoms with van der Waals surface area (Å²) in [5.41, 5.74) is 0. The van der Waals surface area contributed by atoms with Gasteiger partial charge in [0, 0.05) is 0 Å². The van der Waals surface area contributed by atoms with Crippen LogP contribution in [0.25, 0.3) is 0 Å². The molecule has 1 aliphatic rings. The average molecular weight is 227 g/mol. The molecule has 1 rings (SSSR count). The first-order valence-corrected chi connectivity index (χ1v) is 3.20. The van der Waals surface area contributed by atoms with Crippen molar-refractivity contribution >= 4 is 0 Å². The van der Waals surface area contributed by atoms with Crippen LogP contribution in [-0.4, -0.2) is 0 Å². The van der Waals surface area contributed by atoms with Crippen molar-refractivity contribution < 1.29 is 49.5 Å². The second kappa shape index (κ2) is 6.07. The van der Waals surface area contributed by atoms with E-state index in [4.69, 9.17) is 0 Å². The minimum atomic E-state index is 0. The van der Waals surface area contributed by atoms with E-state index in [1.165, 1.54) is 6.42 Å². The molecule has 3 heteroatoms. The third kappa shape index (κ3) is 3.89. The summed E-state index contributed by atoms with van der Waals surface area (Å²) in [6.07, 6.45) is 7.69. The van der Waals surface area contributed by atoms with E-state index in [0.717, 1.165) is 0 Å². The van der Waals surface area contributed by atoms with Crippen molar-refractivity contribution in [1.29, 1.82) is 0 Å². The van der Waals surface area contributed by atoms with E-state index in [9.17, 15) is 0 Å². The third-order valence-electron chi connectivity index (χ3n) is 0.771. The molecule has 8 heavy (non-hydrogen) atoms. The minimum absolute atomic E-state index is 0. The van der Waals surface area contributed by atoms with Crippen molar-refractivity contribution in [2.45, 2.75) is 6.42 Å². The number of hydrogen-bond donors (Lipinski definition) is 0. The molecule has 1 aliphatic carbocycles. The molecule has 0 saturated carbocycles. The number of allylic oxidation sites excluding steroid dienone is 4. The Morgan fingerprint density at radius 3 is 2.12 bits per heavy atom. The summed E-state index contributed by atoms with van der Waals surface area (Å²) in [6, 6.07) is 0. The molecule has 0 unspecified atom stereocenters. The Bertz CT molecular complexity index is 107. The molecule has 0 bridgehead atoms. The van der Waals surface area contributed by atoms with Crippen molar-refractivity contribution in [3.63, 3.8) is 0 Å². The molecular formula is C5H5Cl2Zr. The van der Waals surface area contributed by atoms with Gasteiger partial charge < -0.3 is 24.8 Å². The monoisotopic (exact) mass is 225 g/mol. The van der Waals surface area contributed by atoms with Gasteiger partial charge in [-0.15, -0.1) is 0 Å². The molecule has 43 valence electrons. The molecule has 0 nitrogen and oxygen atoms in total. The Morgan fingerprint density at radius 1 is 1.38 bits per heavy atom. The first kappa shape index (κ1) is 11.7. The summed E-state index contributed by atoms with van der Waals surface area (Å²) in [7, 11) is 0. The molecule has 0 saturated heterocycles. The van der Waals surface area contributed by atoms with Crippen LogP contribution in [0.1, 0.15) is 6.42 Å². The molecule has 0 N–H and O–H groups in total. The second-order valence-corrected chi connectivity index (χ2v) is 2.90. The molecule has 0 aromatic carbocycles. The first-order valence-electron chi connectivity index (χ1n) is 1.97. The van der Waals surface area contributed by atoms with Gasteiger partial charge in [0.2, 0.25) is 0 Å². The molecule has 0 spiro atoms. The van der Waals surface area contributed by atoms with Gasteiger partial charge in [-0.1, -0.05) is 0 Å². The summed E-state index contributed by atoms with van der Waals surface area (Å²) in [5.74, 6) is 0. The fourth-order valence-electron chi connectivity index (χ4n) is 0.447. The van der Waals surface area contributed by atoms with Crippen LogP contribution in [0.15, 0.2) is 21.5 Å². The van der Waals surface area contributed by atoms with Crippen LogP contribution in [0, 0.1) is 0 Å². The molecular weight excluding hydrogens is 222 g/mol. The van der Waals surface area contributed by atoms with Gasteiger partial charge in [-0.2, -0.15) is 0 Å². The Kier molecular flexibility index (Phi) is 8.88. The van der Waals surface area contributed by atoms with Crippen LogP contribution < -0.4 is 24.8 Å². The summed E-state index contributed by atoms with van der Waals surface area (Å²) < 4.78 is 1.56. The van der Waals surface area contributed by atoms with Crippen LogP contribution in [0.3, 0.4) is 0 Å². The SMILES string of the molecule is [Cl-].[Cl-].[Zr+2][C]1=CC=CC1. The molecule has 0 aromatic rings. The molecule has 0 radical (unpaired) electrons. The van der Waals surface area contributed by atoms with Gasteiger partial charge >= 0.3 is 52.6 Å². The van der Waals surface area contributed by atoms with Gasteiger partial charge in [-0.3, -0.25) is 0 Å². The van der Waals surface area contributed by atoms with E-state index in [-0.39, 0.29) is 24.8 Å². The van der Waals surface area contributed by atoms with Crippen molar-refractivity contribution in [1.82, 2.24) is 0 Å². The Labute approximate surface area is 77.1 Å². The van der Waals surface area contributed by atoms with Gasteiger partial charge in [0.05, 0.1) is 0 Å². The third-order valence-corrected chi connectivity index (χ3v) is 1.68. The van der Waals surface area contributed by atoms with E-state index in [0.29, 0.717) is 0 Å². The van der Waals surface area contributed by atoms with E-state index >= 15 is 0 Å². The van der Waals surface area contributed by atoms with Crippen LogP contribution in [0.4, 0.5) is 0 Å². The van der Waals surface area contributed by atoms with Crippen molar-refractivity contribution in [3.05, 3.63) is 21.5 Å². The zero-order chi connectivity index (χ0) is 4.41. The maximum atomic E-state index is 2.18. The molecule has 0 aliphatic heterocycles. The topological polar surface area (TPSA) is 0 Å². The van der Waals surface area contributed by atoms with Crippen LogP contribution in [-0.2, 0) is 24.7 Å². The fraction of sp³-hybridized carbons (Fsp3) is 0.200. The molecule has 0 heterocycles. The Balaban J connectivity index is 0. The molecule has 0 fully saturated rings. The van der Waals surface area contributed by atoms with E-state index in [2.05, 4.69) is 18.2 Å². The second-order valence-electron chi connectivity index (χ2n) is 1.32. The number of hydrogen-bond acceptors (Lipinski definition) is 0. The molecule has 0 aromatic heterocycles. The number of halogens is 2. The van der Waals surface area contributed by atoms with Gasteiger partial charge in [0.15, 0.2) is 0 Å².